The van der Waals surface area contributed by atoms with Crippen LogP contribution in [0.3, 0.4) is 0 Å². The molecule has 0 amide bonds. The number of benzene rings is 1. The van der Waals surface area contributed by atoms with Crippen LogP contribution in [0.15, 0.2) is 28.7 Å². The predicted molar refractivity (Wildman–Crippen MR) is 78.2 cm³/mol. The van der Waals surface area contributed by atoms with Crippen LogP contribution in [-0.2, 0) is 22.3 Å². The molecule has 0 fully saturated rings. The fraction of sp³-hybridized carbons (Fsp3) is 0.375. The minimum Gasteiger partial charge on any atom is -0.479 e. The van der Waals surface area contributed by atoms with Gasteiger partial charge in [0.25, 0.3) is 0 Å². The van der Waals surface area contributed by atoms with E-state index in [1.165, 1.54) is 26.0 Å². The summed E-state index contributed by atoms with van der Waals surface area (Å²) in [6.07, 6.45) is -4.41. The first kappa shape index (κ1) is 18.0. The van der Waals surface area contributed by atoms with Crippen molar-refractivity contribution in [2.45, 2.75) is 39.2 Å². The highest BCUT2D eigenvalue weighted by Gasteiger charge is 2.31. The minimum absolute atomic E-state index is 0.112. The number of carboxylic acids is 1. The summed E-state index contributed by atoms with van der Waals surface area (Å²) < 4.78 is 48.5. The number of hydrogen-bond acceptors (Lipinski definition) is 4. The van der Waals surface area contributed by atoms with E-state index in [2.05, 4.69) is 4.98 Å². The lowest BCUT2D eigenvalue weighted by Gasteiger charge is -2.19. The molecule has 0 saturated heterocycles. The van der Waals surface area contributed by atoms with E-state index in [9.17, 15) is 18.0 Å². The first-order valence-electron chi connectivity index (χ1n) is 7.02. The molecule has 0 spiro atoms. The highest BCUT2D eigenvalue weighted by atomic mass is 19.4. The summed E-state index contributed by atoms with van der Waals surface area (Å²) in [5.74, 6) is -0.658. The number of aryl methyl sites for hydroxylation is 1. The van der Waals surface area contributed by atoms with Crippen LogP contribution in [0, 0.1) is 6.92 Å². The van der Waals surface area contributed by atoms with Crippen LogP contribution in [0.1, 0.15) is 30.9 Å². The molecule has 130 valence electrons. The van der Waals surface area contributed by atoms with Crippen molar-refractivity contribution in [1.29, 1.82) is 0 Å². The van der Waals surface area contributed by atoms with Crippen molar-refractivity contribution in [2.24, 2.45) is 0 Å². The quantitative estimate of drug-likeness (QED) is 0.887. The summed E-state index contributed by atoms with van der Waals surface area (Å²) >= 11 is 0. The van der Waals surface area contributed by atoms with Crippen molar-refractivity contribution in [3.05, 3.63) is 41.3 Å². The summed E-state index contributed by atoms with van der Waals surface area (Å²) in [4.78, 5) is 15.1. The molecule has 0 bridgehead atoms. The highest BCUT2D eigenvalue weighted by Crippen LogP contribution is 2.31. The van der Waals surface area contributed by atoms with Gasteiger partial charge >= 0.3 is 12.1 Å². The third-order valence-corrected chi connectivity index (χ3v) is 3.43. The Morgan fingerprint density at radius 3 is 2.33 bits per heavy atom. The zero-order valence-electron chi connectivity index (χ0n) is 13.3. The van der Waals surface area contributed by atoms with E-state index in [-0.39, 0.29) is 12.5 Å². The third kappa shape index (κ3) is 3.94. The number of rotatable bonds is 5. The van der Waals surface area contributed by atoms with Gasteiger partial charge in [-0.15, -0.1) is 0 Å². The third-order valence-electron chi connectivity index (χ3n) is 3.43. The van der Waals surface area contributed by atoms with E-state index in [0.29, 0.717) is 17.0 Å². The largest absolute Gasteiger partial charge is 0.479 e. The zero-order chi connectivity index (χ0) is 18.1. The fourth-order valence-electron chi connectivity index (χ4n) is 1.79. The van der Waals surface area contributed by atoms with Gasteiger partial charge in [-0.25, -0.2) is 9.78 Å². The maximum absolute atomic E-state index is 12.6. The summed E-state index contributed by atoms with van der Waals surface area (Å²) in [7, 11) is 0. The van der Waals surface area contributed by atoms with Crippen LogP contribution >= 0.6 is 0 Å². The van der Waals surface area contributed by atoms with E-state index < -0.39 is 23.3 Å². The van der Waals surface area contributed by atoms with Crippen molar-refractivity contribution in [2.75, 3.05) is 0 Å². The van der Waals surface area contributed by atoms with Gasteiger partial charge in [0.15, 0.2) is 11.4 Å². The van der Waals surface area contributed by atoms with Gasteiger partial charge in [0.2, 0.25) is 5.89 Å². The van der Waals surface area contributed by atoms with Crippen molar-refractivity contribution in [3.8, 4) is 11.5 Å². The molecule has 24 heavy (non-hydrogen) atoms. The molecule has 0 saturated carbocycles. The molecule has 0 unspecified atom stereocenters. The number of nitrogens with zero attached hydrogens (tertiary/aromatic N) is 1. The average Bonchev–Trinajstić information content (AvgIpc) is 2.85. The first-order valence-corrected chi connectivity index (χ1v) is 7.02. The molecule has 1 aromatic heterocycles. The Morgan fingerprint density at radius 1 is 1.25 bits per heavy atom. The molecule has 2 rings (SSSR count). The molecular formula is C16H16F3NO4. The SMILES string of the molecule is Cc1nc(-c2ccc(C(F)(F)F)cc2)oc1COC(C)(C)C(=O)O. The Morgan fingerprint density at radius 2 is 1.83 bits per heavy atom. The first-order chi connectivity index (χ1) is 11.0. The number of halogens is 3. The van der Waals surface area contributed by atoms with Gasteiger partial charge in [-0.2, -0.15) is 13.2 Å². The number of hydrogen-bond donors (Lipinski definition) is 1. The van der Waals surface area contributed by atoms with E-state index in [0.717, 1.165) is 12.1 Å². The van der Waals surface area contributed by atoms with E-state index in [4.69, 9.17) is 14.3 Å². The molecular weight excluding hydrogens is 327 g/mol. The lowest BCUT2D eigenvalue weighted by atomic mass is 10.1. The number of aliphatic carboxylic acids is 1. The highest BCUT2D eigenvalue weighted by molar-refractivity contribution is 5.76. The molecule has 1 N–H and O–H groups in total. The zero-order valence-corrected chi connectivity index (χ0v) is 13.3. The van der Waals surface area contributed by atoms with Crippen molar-refractivity contribution < 1.29 is 32.2 Å². The molecule has 1 heterocycles. The van der Waals surface area contributed by atoms with Gasteiger partial charge in [-0.1, -0.05) is 0 Å². The topological polar surface area (TPSA) is 72.6 Å². The van der Waals surface area contributed by atoms with E-state index in [1.54, 1.807) is 6.92 Å². The maximum Gasteiger partial charge on any atom is 0.416 e. The number of carboxylic acid groups (broad SMARTS) is 1. The second-order valence-corrected chi connectivity index (χ2v) is 5.71. The maximum atomic E-state index is 12.6. The fourth-order valence-corrected chi connectivity index (χ4v) is 1.79. The van der Waals surface area contributed by atoms with E-state index >= 15 is 0 Å². The summed E-state index contributed by atoms with van der Waals surface area (Å²) in [6.45, 7) is 4.33. The molecule has 8 heteroatoms. The minimum atomic E-state index is -4.41. The van der Waals surface area contributed by atoms with Gasteiger partial charge in [-0.3, -0.25) is 0 Å². The Kier molecular flexibility index (Phi) is 4.70. The Labute approximate surface area is 136 Å². The monoisotopic (exact) mass is 343 g/mol. The molecule has 0 aliphatic heterocycles. The standard InChI is InChI=1S/C16H16F3NO4/c1-9-12(8-23-15(2,3)14(21)22)24-13(20-9)10-4-6-11(7-5-10)16(17,18)19/h4-7H,8H2,1-3H3,(H,21,22). The van der Waals surface area contributed by atoms with Crippen LogP contribution in [0.5, 0.6) is 0 Å². The number of alkyl halides is 3. The van der Waals surface area contributed by atoms with Crippen LogP contribution in [-0.4, -0.2) is 21.7 Å². The van der Waals surface area contributed by atoms with Gasteiger partial charge in [-0.05, 0) is 45.0 Å². The van der Waals surface area contributed by atoms with Crippen LogP contribution in [0.2, 0.25) is 0 Å². The summed E-state index contributed by atoms with van der Waals surface area (Å²) in [6, 6.07) is 4.41. The molecule has 0 radical (unpaired) electrons. The number of carbonyl (C=O) groups is 1. The van der Waals surface area contributed by atoms with Crippen molar-refractivity contribution >= 4 is 5.97 Å². The predicted octanol–water partition coefficient (Wildman–Crippen LogP) is 4.05. The van der Waals surface area contributed by atoms with E-state index in [1.807, 2.05) is 0 Å². The van der Waals surface area contributed by atoms with Crippen LogP contribution in [0.4, 0.5) is 13.2 Å². The van der Waals surface area contributed by atoms with Gasteiger partial charge < -0.3 is 14.3 Å². The molecule has 0 atom stereocenters. The second kappa shape index (κ2) is 6.27. The average molecular weight is 343 g/mol. The number of oxazole rings is 1. The second-order valence-electron chi connectivity index (χ2n) is 5.71. The lowest BCUT2D eigenvalue weighted by Crippen LogP contribution is -2.34. The van der Waals surface area contributed by atoms with Crippen molar-refractivity contribution in [1.82, 2.24) is 4.98 Å². The number of ether oxygens (including phenoxy) is 1. The molecule has 5 nitrogen and oxygen atoms in total. The molecule has 1 aromatic carbocycles. The van der Waals surface area contributed by atoms with Gasteiger partial charge in [0.05, 0.1) is 11.3 Å². The summed E-state index contributed by atoms with van der Waals surface area (Å²) in [5, 5.41) is 9.00. The Hall–Kier alpha value is -2.35. The lowest BCUT2D eigenvalue weighted by molar-refractivity contribution is -0.163. The molecule has 0 aliphatic rings. The Balaban J connectivity index is 2.18. The molecule has 2 aromatic rings. The van der Waals surface area contributed by atoms with Crippen LogP contribution < -0.4 is 0 Å². The molecule has 0 aliphatic carbocycles. The Bertz CT molecular complexity index is 733. The van der Waals surface area contributed by atoms with Gasteiger partial charge in [0, 0.05) is 5.56 Å². The summed E-state index contributed by atoms with van der Waals surface area (Å²) in [5.41, 5.74) is -1.30. The smallest absolute Gasteiger partial charge is 0.416 e. The number of aromatic nitrogens is 1. The van der Waals surface area contributed by atoms with Crippen molar-refractivity contribution in [3.63, 3.8) is 0 Å². The van der Waals surface area contributed by atoms with Gasteiger partial charge in [0.1, 0.15) is 6.61 Å². The normalized spacial score (nSPS) is 12.4. The van der Waals surface area contributed by atoms with Crippen LogP contribution in [0.25, 0.3) is 11.5 Å².